The molecule has 3 N–H and O–H groups in total. The lowest BCUT2D eigenvalue weighted by Crippen LogP contribution is -2.34. The molecule has 0 aliphatic carbocycles. The van der Waals surface area contributed by atoms with Gasteiger partial charge < -0.3 is 34.7 Å². The number of carbonyl (C=O) groups is 1. The molecule has 0 bridgehead atoms. The summed E-state index contributed by atoms with van der Waals surface area (Å²) in [5.74, 6) is 0.766. The van der Waals surface area contributed by atoms with Gasteiger partial charge in [0.15, 0.2) is 0 Å². The third-order valence-electron chi connectivity index (χ3n) is 3.04. The highest BCUT2D eigenvalue weighted by Crippen LogP contribution is 2.12. The molecule has 8 heteroatoms. The number of nitrogen functional groups attached to an aromatic ring is 1. The molecule has 0 atom stereocenters. The van der Waals surface area contributed by atoms with E-state index in [2.05, 4.69) is 5.32 Å². The molecule has 1 amide bonds. The Hall–Kier alpha value is -2.03. The monoisotopic (exact) mass is 384 g/mol. The van der Waals surface area contributed by atoms with Crippen LogP contribution in [0.1, 0.15) is 20.8 Å². The number of hydrogen-bond acceptors (Lipinski definition) is 7. The van der Waals surface area contributed by atoms with Gasteiger partial charge in [0.05, 0.1) is 39.6 Å². The fraction of sp³-hybridized carbons (Fsp3) is 0.632. The van der Waals surface area contributed by atoms with Crippen LogP contribution in [0.15, 0.2) is 24.3 Å². The molecule has 0 saturated carbocycles. The predicted octanol–water partition coefficient (Wildman–Crippen LogP) is 2.22. The first-order chi connectivity index (χ1) is 12.9. The summed E-state index contributed by atoms with van der Waals surface area (Å²) >= 11 is 0. The van der Waals surface area contributed by atoms with E-state index in [-0.39, 0.29) is 0 Å². The number of alkyl carbamates (subject to hydrolysis) is 1. The van der Waals surface area contributed by atoms with Gasteiger partial charge in [0.2, 0.25) is 0 Å². The molecule has 27 heavy (non-hydrogen) atoms. The molecule has 0 aromatic heterocycles. The number of amides is 1. The van der Waals surface area contributed by atoms with Crippen molar-refractivity contribution in [2.75, 3.05) is 58.5 Å². The molecule has 0 unspecified atom stereocenters. The van der Waals surface area contributed by atoms with Crippen molar-refractivity contribution in [1.29, 1.82) is 0 Å². The third-order valence-corrected chi connectivity index (χ3v) is 3.04. The molecule has 0 fully saturated rings. The third kappa shape index (κ3) is 13.8. The van der Waals surface area contributed by atoms with Crippen molar-refractivity contribution in [3.8, 4) is 5.75 Å². The van der Waals surface area contributed by atoms with Crippen LogP contribution in [-0.4, -0.2) is 64.5 Å². The molecular formula is C19H32N2O6. The molecule has 0 saturated heterocycles. The van der Waals surface area contributed by atoms with Crippen molar-refractivity contribution in [3.63, 3.8) is 0 Å². The Morgan fingerprint density at radius 1 is 0.889 bits per heavy atom. The summed E-state index contributed by atoms with van der Waals surface area (Å²) in [4.78, 5) is 11.4. The van der Waals surface area contributed by atoms with Crippen molar-refractivity contribution in [2.24, 2.45) is 0 Å². The molecule has 0 heterocycles. The zero-order valence-corrected chi connectivity index (χ0v) is 16.5. The van der Waals surface area contributed by atoms with Gasteiger partial charge in [-0.05, 0) is 45.0 Å². The summed E-state index contributed by atoms with van der Waals surface area (Å²) < 4.78 is 26.8. The van der Waals surface area contributed by atoms with E-state index >= 15 is 0 Å². The van der Waals surface area contributed by atoms with Gasteiger partial charge >= 0.3 is 6.09 Å². The summed E-state index contributed by atoms with van der Waals surface area (Å²) in [6, 6.07) is 7.22. The van der Waals surface area contributed by atoms with Crippen LogP contribution in [0.3, 0.4) is 0 Å². The highest BCUT2D eigenvalue weighted by atomic mass is 16.6. The van der Waals surface area contributed by atoms with Crippen LogP contribution in [0.25, 0.3) is 0 Å². The Morgan fingerprint density at radius 2 is 1.41 bits per heavy atom. The maximum atomic E-state index is 11.4. The molecule has 1 rings (SSSR count). The molecule has 0 spiro atoms. The molecule has 0 aliphatic heterocycles. The van der Waals surface area contributed by atoms with Crippen molar-refractivity contribution < 1.29 is 28.5 Å². The van der Waals surface area contributed by atoms with Gasteiger partial charge in [-0.3, -0.25) is 0 Å². The van der Waals surface area contributed by atoms with Gasteiger partial charge in [-0.2, -0.15) is 0 Å². The molecule has 1 aromatic carbocycles. The summed E-state index contributed by atoms with van der Waals surface area (Å²) in [6.07, 6.45) is -0.445. The van der Waals surface area contributed by atoms with Crippen molar-refractivity contribution in [2.45, 2.75) is 26.4 Å². The van der Waals surface area contributed by atoms with Gasteiger partial charge in [-0.15, -0.1) is 0 Å². The van der Waals surface area contributed by atoms with Crippen LogP contribution in [0.5, 0.6) is 5.75 Å². The number of benzene rings is 1. The summed E-state index contributed by atoms with van der Waals surface area (Å²) in [7, 11) is 0. The minimum atomic E-state index is -0.497. The lowest BCUT2D eigenvalue weighted by atomic mass is 10.2. The average molecular weight is 384 g/mol. The Kier molecular flexibility index (Phi) is 11.2. The number of carbonyl (C=O) groups excluding carboxylic acids is 1. The smallest absolute Gasteiger partial charge is 0.407 e. The second-order valence-corrected chi connectivity index (χ2v) is 6.68. The zero-order chi connectivity index (χ0) is 20.0. The second kappa shape index (κ2) is 13.2. The summed E-state index contributed by atoms with van der Waals surface area (Å²) in [5.41, 5.74) is 5.81. The van der Waals surface area contributed by atoms with Crippen LogP contribution in [0.4, 0.5) is 10.5 Å². The topological polar surface area (TPSA) is 101 Å². The first-order valence-electron chi connectivity index (χ1n) is 9.05. The fourth-order valence-corrected chi connectivity index (χ4v) is 1.86. The Balaban J connectivity index is 1.81. The van der Waals surface area contributed by atoms with E-state index in [4.69, 9.17) is 29.4 Å². The molecule has 0 aliphatic rings. The second-order valence-electron chi connectivity index (χ2n) is 6.68. The zero-order valence-electron chi connectivity index (χ0n) is 16.5. The van der Waals surface area contributed by atoms with Crippen LogP contribution in [0.2, 0.25) is 0 Å². The van der Waals surface area contributed by atoms with E-state index in [1.54, 1.807) is 12.1 Å². The maximum Gasteiger partial charge on any atom is 0.407 e. The highest BCUT2D eigenvalue weighted by Gasteiger charge is 2.15. The van der Waals surface area contributed by atoms with E-state index in [1.165, 1.54) is 0 Å². The Labute approximate surface area is 161 Å². The van der Waals surface area contributed by atoms with E-state index in [0.717, 1.165) is 5.75 Å². The van der Waals surface area contributed by atoms with E-state index in [9.17, 15) is 4.79 Å². The van der Waals surface area contributed by atoms with Crippen molar-refractivity contribution in [1.82, 2.24) is 5.32 Å². The Morgan fingerprint density at radius 3 is 1.96 bits per heavy atom. The molecule has 8 nitrogen and oxygen atoms in total. The Bertz CT molecular complexity index is 516. The molecule has 154 valence electrons. The first-order valence-corrected chi connectivity index (χ1v) is 9.05. The van der Waals surface area contributed by atoms with Gasteiger partial charge in [0.25, 0.3) is 0 Å². The van der Waals surface area contributed by atoms with Gasteiger partial charge in [0.1, 0.15) is 18.0 Å². The SMILES string of the molecule is CC(C)(C)OC(=O)NCCOCCOCCOCCOc1ccc(N)cc1. The average Bonchev–Trinajstić information content (AvgIpc) is 2.59. The molecular weight excluding hydrogens is 352 g/mol. The number of anilines is 1. The lowest BCUT2D eigenvalue weighted by molar-refractivity contribution is 0.00904. The normalized spacial score (nSPS) is 11.2. The minimum Gasteiger partial charge on any atom is -0.491 e. The quantitative estimate of drug-likeness (QED) is 0.397. The van der Waals surface area contributed by atoms with E-state index < -0.39 is 11.7 Å². The standard InChI is InChI=1S/C19H32N2O6/c1-19(2,3)27-18(22)21-8-9-23-10-11-24-12-13-25-14-15-26-17-6-4-16(20)5-7-17/h4-7H,8-15,20H2,1-3H3,(H,21,22). The first kappa shape index (κ1) is 23.0. The number of hydrogen-bond donors (Lipinski definition) is 2. The van der Waals surface area contributed by atoms with E-state index in [0.29, 0.717) is 58.5 Å². The maximum absolute atomic E-state index is 11.4. The number of nitrogens with two attached hydrogens (primary N) is 1. The van der Waals surface area contributed by atoms with Crippen LogP contribution in [0, 0.1) is 0 Å². The largest absolute Gasteiger partial charge is 0.491 e. The van der Waals surface area contributed by atoms with E-state index in [1.807, 2.05) is 32.9 Å². The summed E-state index contributed by atoms with van der Waals surface area (Å²) in [6.45, 7) is 9.11. The molecule has 0 radical (unpaired) electrons. The number of ether oxygens (including phenoxy) is 5. The minimum absolute atomic E-state index is 0.395. The highest BCUT2D eigenvalue weighted by molar-refractivity contribution is 5.67. The van der Waals surface area contributed by atoms with Crippen LogP contribution in [-0.2, 0) is 18.9 Å². The van der Waals surface area contributed by atoms with Crippen LogP contribution >= 0.6 is 0 Å². The molecule has 1 aromatic rings. The van der Waals surface area contributed by atoms with Crippen molar-refractivity contribution in [3.05, 3.63) is 24.3 Å². The predicted molar refractivity (Wildman–Crippen MR) is 103 cm³/mol. The number of nitrogens with one attached hydrogen (secondary N) is 1. The van der Waals surface area contributed by atoms with Crippen molar-refractivity contribution >= 4 is 11.8 Å². The lowest BCUT2D eigenvalue weighted by Gasteiger charge is -2.19. The van der Waals surface area contributed by atoms with Gasteiger partial charge in [-0.1, -0.05) is 0 Å². The van der Waals surface area contributed by atoms with Crippen LogP contribution < -0.4 is 15.8 Å². The van der Waals surface area contributed by atoms with Gasteiger partial charge in [0, 0.05) is 12.2 Å². The van der Waals surface area contributed by atoms with Gasteiger partial charge in [-0.25, -0.2) is 4.79 Å². The fourth-order valence-electron chi connectivity index (χ4n) is 1.86. The summed E-state index contributed by atoms with van der Waals surface area (Å²) in [5, 5.41) is 2.62. The number of rotatable bonds is 13.